The minimum absolute atomic E-state index is 0.0630. The summed E-state index contributed by atoms with van der Waals surface area (Å²) in [5.41, 5.74) is 2.72. The molecule has 1 aromatic rings. The Labute approximate surface area is 156 Å². The summed E-state index contributed by atoms with van der Waals surface area (Å²) in [6.45, 7) is 4.73. The number of nitrogens with one attached hydrogen (secondary N) is 1. The molecule has 6 nitrogen and oxygen atoms in total. The van der Waals surface area contributed by atoms with Crippen molar-refractivity contribution in [3.63, 3.8) is 0 Å². The summed E-state index contributed by atoms with van der Waals surface area (Å²) in [7, 11) is -3.14. The molecule has 0 bridgehead atoms. The molecule has 2 heterocycles. The van der Waals surface area contributed by atoms with Crippen LogP contribution in [-0.4, -0.2) is 57.1 Å². The van der Waals surface area contributed by atoms with E-state index in [0.717, 1.165) is 19.4 Å². The van der Waals surface area contributed by atoms with E-state index < -0.39 is 10.0 Å². The molecule has 1 atom stereocenters. The maximum atomic E-state index is 12.3. The van der Waals surface area contributed by atoms with E-state index in [0.29, 0.717) is 38.5 Å². The summed E-state index contributed by atoms with van der Waals surface area (Å²) >= 11 is 0. The predicted molar refractivity (Wildman–Crippen MR) is 104 cm³/mol. The summed E-state index contributed by atoms with van der Waals surface area (Å²) in [5, 5.41) is 3.04. The van der Waals surface area contributed by atoms with Crippen molar-refractivity contribution in [3.05, 3.63) is 29.8 Å². The maximum absolute atomic E-state index is 12.3. The smallest absolute Gasteiger partial charge is 0.223 e. The van der Waals surface area contributed by atoms with Gasteiger partial charge in [0.25, 0.3) is 0 Å². The van der Waals surface area contributed by atoms with Gasteiger partial charge in [0, 0.05) is 43.8 Å². The molecule has 0 saturated carbocycles. The fourth-order valence-electron chi connectivity index (χ4n) is 4.03. The number of hydrogen-bond donors (Lipinski definition) is 1. The van der Waals surface area contributed by atoms with Crippen LogP contribution in [0.25, 0.3) is 0 Å². The van der Waals surface area contributed by atoms with Crippen LogP contribution < -0.4 is 10.2 Å². The van der Waals surface area contributed by atoms with Gasteiger partial charge in [0.05, 0.1) is 6.26 Å². The Morgan fingerprint density at radius 2 is 1.92 bits per heavy atom. The zero-order valence-electron chi connectivity index (χ0n) is 15.6. The van der Waals surface area contributed by atoms with E-state index in [1.165, 1.54) is 21.8 Å². The van der Waals surface area contributed by atoms with E-state index >= 15 is 0 Å². The van der Waals surface area contributed by atoms with Gasteiger partial charge in [0.2, 0.25) is 15.9 Å². The number of para-hydroxylation sites is 1. The van der Waals surface area contributed by atoms with E-state index in [1.54, 1.807) is 0 Å². The van der Waals surface area contributed by atoms with Crippen molar-refractivity contribution in [2.45, 2.75) is 38.6 Å². The van der Waals surface area contributed by atoms with Gasteiger partial charge in [-0.2, -0.15) is 0 Å². The highest BCUT2D eigenvalue weighted by atomic mass is 32.2. The zero-order valence-corrected chi connectivity index (χ0v) is 16.5. The Morgan fingerprint density at radius 1 is 1.23 bits per heavy atom. The molecule has 26 heavy (non-hydrogen) atoms. The van der Waals surface area contributed by atoms with Crippen molar-refractivity contribution in [1.82, 2.24) is 9.62 Å². The van der Waals surface area contributed by atoms with Crippen molar-refractivity contribution in [2.24, 2.45) is 5.92 Å². The second-order valence-electron chi connectivity index (χ2n) is 7.46. The molecule has 0 radical (unpaired) electrons. The highest BCUT2D eigenvalue weighted by molar-refractivity contribution is 7.88. The number of nitrogens with zero attached hydrogens (tertiary/aromatic N) is 2. The summed E-state index contributed by atoms with van der Waals surface area (Å²) in [4.78, 5) is 14.7. The number of fused-ring (bicyclic) bond motifs is 1. The average Bonchev–Trinajstić information content (AvgIpc) is 2.93. The molecule has 1 aromatic carbocycles. The lowest BCUT2D eigenvalue weighted by Gasteiger charge is -2.29. The van der Waals surface area contributed by atoms with E-state index in [2.05, 4.69) is 41.4 Å². The van der Waals surface area contributed by atoms with Crippen LogP contribution in [-0.2, 0) is 21.2 Å². The molecule has 3 rings (SSSR count). The van der Waals surface area contributed by atoms with Crippen molar-refractivity contribution in [2.75, 3.05) is 37.3 Å². The minimum atomic E-state index is -3.14. The van der Waals surface area contributed by atoms with Crippen LogP contribution in [0.5, 0.6) is 0 Å². The lowest BCUT2D eigenvalue weighted by atomic mass is 9.97. The van der Waals surface area contributed by atoms with Gasteiger partial charge in [-0.15, -0.1) is 0 Å². The third-order valence-electron chi connectivity index (χ3n) is 5.52. The Hall–Kier alpha value is -1.60. The summed E-state index contributed by atoms with van der Waals surface area (Å²) < 4.78 is 24.5. The van der Waals surface area contributed by atoms with E-state index in [1.807, 2.05) is 0 Å². The third kappa shape index (κ3) is 4.38. The first-order valence-electron chi connectivity index (χ1n) is 9.43. The van der Waals surface area contributed by atoms with Crippen molar-refractivity contribution in [1.29, 1.82) is 0 Å². The second kappa shape index (κ2) is 7.96. The quantitative estimate of drug-likeness (QED) is 0.763. The summed E-state index contributed by atoms with van der Waals surface area (Å²) in [5.74, 6) is -0.00698. The van der Waals surface area contributed by atoms with Crippen LogP contribution in [0, 0.1) is 5.92 Å². The van der Waals surface area contributed by atoms with Gasteiger partial charge in [-0.05, 0) is 44.2 Å². The molecule has 0 spiro atoms. The number of piperidine rings is 1. The molecule has 0 aliphatic carbocycles. The molecule has 1 unspecified atom stereocenters. The number of carbonyl (C=O) groups excluding carboxylic acids is 1. The van der Waals surface area contributed by atoms with Gasteiger partial charge in [0.15, 0.2) is 0 Å². The number of rotatable bonds is 6. The molecule has 144 valence electrons. The van der Waals surface area contributed by atoms with Crippen LogP contribution in [0.2, 0.25) is 0 Å². The van der Waals surface area contributed by atoms with E-state index in [9.17, 15) is 13.2 Å². The van der Waals surface area contributed by atoms with Gasteiger partial charge in [0.1, 0.15) is 0 Å². The Kier molecular flexibility index (Phi) is 5.87. The number of sulfonamides is 1. The standard InChI is InChI=1S/C19H29N3O3S/c1-15-14-17-6-3-4-7-18(17)22(15)11-5-10-20-19(23)16-8-12-21(13-9-16)26(2,24)25/h3-4,6-7,15-16H,5,8-14H2,1-2H3,(H,20,23). The lowest BCUT2D eigenvalue weighted by Crippen LogP contribution is -2.43. The van der Waals surface area contributed by atoms with E-state index in [-0.39, 0.29) is 11.8 Å². The monoisotopic (exact) mass is 379 g/mol. The fraction of sp³-hybridized carbons (Fsp3) is 0.632. The van der Waals surface area contributed by atoms with Gasteiger partial charge in [-0.3, -0.25) is 4.79 Å². The maximum Gasteiger partial charge on any atom is 0.223 e. The van der Waals surface area contributed by atoms with Crippen LogP contribution >= 0.6 is 0 Å². The summed E-state index contributed by atoms with van der Waals surface area (Å²) in [6, 6.07) is 9.03. The van der Waals surface area contributed by atoms with Crippen molar-refractivity contribution in [3.8, 4) is 0 Å². The Bertz CT molecular complexity index is 742. The van der Waals surface area contributed by atoms with Crippen LogP contribution in [0.3, 0.4) is 0 Å². The van der Waals surface area contributed by atoms with Gasteiger partial charge < -0.3 is 10.2 Å². The van der Waals surface area contributed by atoms with Crippen LogP contribution in [0.1, 0.15) is 31.7 Å². The van der Waals surface area contributed by atoms with Crippen LogP contribution in [0.15, 0.2) is 24.3 Å². The van der Waals surface area contributed by atoms with Gasteiger partial charge in [-0.1, -0.05) is 18.2 Å². The Balaban J connectivity index is 1.40. The molecular formula is C19H29N3O3S. The molecule has 1 fully saturated rings. The highest BCUT2D eigenvalue weighted by Gasteiger charge is 2.29. The number of amides is 1. The Morgan fingerprint density at radius 3 is 2.62 bits per heavy atom. The molecule has 1 amide bonds. The van der Waals surface area contributed by atoms with E-state index in [4.69, 9.17) is 0 Å². The summed E-state index contributed by atoms with van der Waals surface area (Å²) in [6.07, 6.45) is 4.43. The first-order valence-corrected chi connectivity index (χ1v) is 11.3. The first kappa shape index (κ1) is 19.2. The normalized spacial score (nSPS) is 21.6. The SMILES string of the molecule is CC1Cc2ccccc2N1CCCNC(=O)C1CCN(S(C)(=O)=O)CC1. The van der Waals surface area contributed by atoms with Crippen LogP contribution in [0.4, 0.5) is 5.69 Å². The second-order valence-corrected chi connectivity index (χ2v) is 9.44. The van der Waals surface area contributed by atoms with Gasteiger partial charge >= 0.3 is 0 Å². The number of carbonyl (C=O) groups is 1. The number of anilines is 1. The third-order valence-corrected chi connectivity index (χ3v) is 6.82. The molecular weight excluding hydrogens is 350 g/mol. The molecule has 2 aliphatic heterocycles. The molecule has 7 heteroatoms. The highest BCUT2D eigenvalue weighted by Crippen LogP contribution is 2.31. The first-order chi connectivity index (χ1) is 12.4. The van der Waals surface area contributed by atoms with Crippen molar-refractivity contribution >= 4 is 21.6 Å². The lowest BCUT2D eigenvalue weighted by molar-refractivity contribution is -0.126. The average molecular weight is 380 g/mol. The number of benzene rings is 1. The molecule has 1 N–H and O–H groups in total. The topological polar surface area (TPSA) is 69.7 Å². The number of hydrogen-bond acceptors (Lipinski definition) is 4. The van der Waals surface area contributed by atoms with Crippen molar-refractivity contribution < 1.29 is 13.2 Å². The minimum Gasteiger partial charge on any atom is -0.368 e. The fourth-order valence-corrected chi connectivity index (χ4v) is 4.90. The molecule has 1 saturated heterocycles. The van der Waals surface area contributed by atoms with Gasteiger partial charge in [-0.25, -0.2) is 12.7 Å². The largest absolute Gasteiger partial charge is 0.368 e. The predicted octanol–water partition coefficient (Wildman–Crippen LogP) is 1.62. The molecule has 2 aliphatic rings. The zero-order chi connectivity index (χ0) is 18.7. The molecule has 0 aromatic heterocycles.